The SMILES string of the molecule is CN1CCCN(C)C1=O.Clc1cccc(Cl)c1Cl. The summed E-state index contributed by atoms with van der Waals surface area (Å²) in [5.41, 5.74) is 0. The van der Waals surface area contributed by atoms with Crippen molar-refractivity contribution < 1.29 is 4.79 Å². The summed E-state index contributed by atoms with van der Waals surface area (Å²) in [5.74, 6) is 0. The molecular formula is C12H15Cl3N2O. The summed E-state index contributed by atoms with van der Waals surface area (Å²) >= 11 is 16.8. The Balaban J connectivity index is 0.000000180. The molecule has 0 saturated carbocycles. The van der Waals surface area contributed by atoms with Crippen molar-refractivity contribution in [3.8, 4) is 0 Å². The third kappa shape index (κ3) is 4.23. The van der Waals surface area contributed by atoms with Gasteiger partial charge in [-0.3, -0.25) is 0 Å². The molecule has 1 aromatic carbocycles. The van der Waals surface area contributed by atoms with Crippen LogP contribution in [0, 0.1) is 0 Å². The maximum atomic E-state index is 11.0. The number of urea groups is 1. The standard InChI is InChI=1S/C6H3Cl3.C6H12N2O/c7-4-2-1-3-5(8)6(4)9;1-7-4-3-5-8(2)6(7)9/h1-3H;3-5H2,1-2H3. The Labute approximate surface area is 122 Å². The quantitative estimate of drug-likeness (QED) is 0.664. The Bertz CT molecular complexity index is 394. The van der Waals surface area contributed by atoms with E-state index in [2.05, 4.69) is 0 Å². The molecule has 0 bridgehead atoms. The first-order valence-corrected chi connectivity index (χ1v) is 6.62. The zero-order valence-corrected chi connectivity index (χ0v) is 12.6. The van der Waals surface area contributed by atoms with Gasteiger partial charge in [0.2, 0.25) is 0 Å². The van der Waals surface area contributed by atoms with Crippen molar-refractivity contribution in [1.29, 1.82) is 0 Å². The molecule has 1 fully saturated rings. The van der Waals surface area contributed by atoms with Crippen LogP contribution in [-0.2, 0) is 0 Å². The minimum atomic E-state index is 0.140. The first-order valence-electron chi connectivity index (χ1n) is 5.49. The van der Waals surface area contributed by atoms with Crippen molar-refractivity contribution in [2.24, 2.45) is 0 Å². The summed E-state index contributed by atoms with van der Waals surface area (Å²) in [6.45, 7) is 1.81. The van der Waals surface area contributed by atoms with Crippen LogP contribution in [0.2, 0.25) is 15.1 Å². The van der Waals surface area contributed by atoms with Gasteiger partial charge in [0.25, 0.3) is 0 Å². The Morgan fingerprint density at radius 2 is 1.44 bits per heavy atom. The second-order valence-electron chi connectivity index (χ2n) is 4.01. The van der Waals surface area contributed by atoms with Gasteiger partial charge < -0.3 is 9.80 Å². The highest BCUT2D eigenvalue weighted by molar-refractivity contribution is 6.47. The largest absolute Gasteiger partial charge is 0.328 e. The van der Waals surface area contributed by atoms with E-state index in [1.165, 1.54) is 0 Å². The van der Waals surface area contributed by atoms with E-state index in [-0.39, 0.29) is 6.03 Å². The molecule has 0 aromatic heterocycles. The lowest BCUT2D eigenvalue weighted by Crippen LogP contribution is -2.44. The summed E-state index contributed by atoms with van der Waals surface area (Å²) in [4.78, 5) is 14.5. The zero-order valence-electron chi connectivity index (χ0n) is 10.3. The summed E-state index contributed by atoms with van der Waals surface area (Å²) in [7, 11) is 3.66. The van der Waals surface area contributed by atoms with Crippen LogP contribution in [0.3, 0.4) is 0 Å². The number of halogens is 3. The molecule has 0 atom stereocenters. The van der Waals surface area contributed by atoms with E-state index in [0.717, 1.165) is 19.5 Å². The number of benzene rings is 1. The van der Waals surface area contributed by atoms with E-state index < -0.39 is 0 Å². The molecule has 0 aliphatic carbocycles. The Kier molecular flexibility index (Phi) is 6.06. The highest BCUT2D eigenvalue weighted by Gasteiger charge is 2.17. The normalized spacial score (nSPS) is 15.3. The van der Waals surface area contributed by atoms with E-state index in [9.17, 15) is 4.79 Å². The average molecular weight is 310 g/mol. The van der Waals surface area contributed by atoms with E-state index in [1.807, 2.05) is 14.1 Å². The average Bonchev–Trinajstić information content (AvgIpc) is 2.34. The predicted molar refractivity (Wildman–Crippen MR) is 76.7 cm³/mol. The predicted octanol–water partition coefficient (Wildman–Crippen LogP) is 4.02. The van der Waals surface area contributed by atoms with Crippen LogP contribution in [0.4, 0.5) is 4.79 Å². The van der Waals surface area contributed by atoms with Crippen molar-refractivity contribution >= 4 is 40.8 Å². The summed E-state index contributed by atoms with van der Waals surface area (Å²) in [6.07, 6.45) is 1.10. The van der Waals surface area contributed by atoms with Gasteiger partial charge in [-0.2, -0.15) is 0 Å². The van der Waals surface area contributed by atoms with Gasteiger partial charge in [0.1, 0.15) is 0 Å². The zero-order chi connectivity index (χ0) is 13.7. The fourth-order valence-electron chi connectivity index (χ4n) is 1.51. The van der Waals surface area contributed by atoms with E-state index in [4.69, 9.17) is 34.8 Å². The van der Waals surface area contributed by atoms with Crippen LogP contribution in [0.25, 0.3) is 0 Å². The van der Waals surface area contributed by atoms with Crippen molar-refractivity contribution in [3.05, 3.63) is 33.3 Å². The van der Waals surface area contributed by atoms with Crippen molar-refractivity contribution in [3.63, 3.8) is 0 Å². The number of carbonyl (C=O) groups excluding carboxylic acids is 1. The molecule has 0 radical (unpaired) electrons. The topological polar surface area (TPSA) is 23.6 Å². The minimum Gasteiger partial charge on any atom is -0.328 e. The lowest BCUT2D eigenvalue weighted by atomic mass is 10.3. The molecule has 0 spiro atoms. The van der Waals surface area contributed by atoms with Gasteiger partial charge in [-0.1, -0.05) is 40.9 Å². The first kappa shape index (κ1) is 15.4. The summed E-state index contributed by atoms with van der Waals surface area (Å²) < 4.78 is 0. The number of hydrogen-bond donors (Lipinski definition) is 0. The highest BCUT2D eigenvalue weighted by atomic mass is 35.5. The number of amides is 2. The van der Waals surface area contributed by atoms with Gasteiger partial charge in [0.15, 0.2) is 0 Å². The molecule has 2 rings (SSSR count). The van der Waals surface area contributed by atoms with Gasteiger partial charge in [0.05, 0.1) is 15.1 Å². The molecule has 1 saturated heterocycles. The molecule has 1 aromatic rings. The number of rotatable bonds is 0. The van der Waals surface area contributed by atoms with Crippen LogP contribution >= 0.6 is 34.8 Å². The van der Waals surface area contributed by atoms with Gasteiger partial charge in [-0.15, -0.1) is 0 Å². The van der Waals surface area contributed by atoms with Crippen LogP contribution in [-0.4, -0.2) is 43.0 Å². The van der Waals surface area contributed by atoms with Crippen LogP contribution in [0.5, 0.6) is 0 Å². The molecular weight excluding hydrogens is 295 g/mol. The fourth-order valence-corrected chi connectivity index (χ4v) is 2.03. The highest BCUT2D eigenvalue weighted by Crippen LogP contribution is 2.28. The molecule has 3 nitrogen and oxygen atoms in total. The van der Waals surface area contributed by atoms with Gasteiger partial charge >= 0.3 is 6.03 Å². The van der Waals surface area contributed by atoms with Gasteiger partial charge in [-0.25, -0.2) is 4.79 Å². The van der Waals surface area contributed by atoms with Crippen LogP contribution < -0.4 is 0 Å². The Morgan fingerprint density at radius 3 is 1.78 bits per heavy atom. The number of nitrogens with zero attached hydrogens (tertiary/aromatic N) is 2. The maximum absolute atomic E-state index is 11.0. The summed E-state index contributed by atoms with van der Waals surface area (Å²) in [6, 6.07) is 5.27. The smallest absolute Gasteiger partial charge is 0.319 e. The third-order valence-corrected chi connectivity index (χ3v) is 3.78. The van der Waals surface area contributed by atoms with Crippen molar-refractivity contribution in [1.82, 2.24) is 9.80 Å². The minimum absolute atomic E-state index is 0.140. The van der Waals surface area contributed by atoms with Crippen LogP contribution in [0.1, 0.15) is 6.42 Å². The van der Waals surface area contributed by atoms with Crippen molar-refractivity contribution in [2.75, 3.05) is 27.2 Å². The third-order valence-electron chi connectivity index (χ3n) is 2.54. The van der Waals surface area contributed by atoms with Crippen molar-refractivity contribution in [2.45, 2.75) is 6.42 Å². The van der Waals surface area contributed by atoms with E-state index >= 15 is 0 Å². The molecule has 1 aliphatic heterocycles. The lowest BCUT2D eigenvalue weighted by molar-refractivity contribution is 0.153. The molecule has 0 unspecified atom stereocenters. The molecule has 1 heterocycles. The molecule has 18 heavy (non-hydrogen) atoms. The van der Waals surface area contributed by atoms with E-state index in [1.54, 1.807) is 28.0 Å². The van der Waals surface area contributed by atoms with Gasteiger partial charge in [0, 0.05) is 27.2 Å². The van der Waals surface area contributed by atoms with E-state index in [0.29, 0.717) is 15.1 Å². The second-order valence-corrected chi connectivity index (χ2v) is 5.21. The molecule has 2 amide bonds. The number of hydrogen-bond acceptors (Lipinski definition) is 1. The maximum Gasteiger partial charge on any atom is 0.319 e. The lowest BCUT2D eigenvalue weighted by Gasteiger charge is -2.30. The first-order chi connectivity index (χ1) is 8.43. The number of carbonyl (C=O) groups is 1. The summed E-state index contributed by atoms with van der Waals surface area (Å²) in [5, 5.41) is 1.40. The van der Waals surface area contributed by atoms with Gasteiger partial charge in [-0.05, 0) is 18.6 Å². The fraction of sp³-hybridized carbons (Fsp3) is 0.417. The second kappa shape index (κ2) is 7.07. The molecule has 100 valence electrons. The molecule has 1 aliphatic rings. The monoisotopic (exact) mass is 308 g/mol. The Morgan fingerprint density at radius 1 is 1.00 bits per heavy atom. The molecule has 0 N–H and O–H groups in total. The van der Waals surface area contributed by atoms with Crippen LogP contribution in [0.15, 0.2) is 18.2 Å². The molecule has 6 heteroatoms. The Hall–Kier alpha value is -0.640.